The SMILES string of the molecule is COc1ccccc1Oc1c(C)oc2cc(OC(=O)c3ccccc3Cl)ccc2c1=O. The topological polar surface area (TPSA) is 75.0 Å². The fraction of sp³-hybridized carbons (Fsp3) is 0.0833. The van der Waals surface area contributed by atoms with Crippen molar-refractivity contribution < 1.29 is 23.4 Å². The molecule has 1 heterocycles. The second kappa shape index (κ2) is 8.53. The molecule has 4 aromatic rings. The van der Waals surface area contributed by atoms with Gasteiger partial charge in [0.2, 0.25) is 11.2 Å². The second-order valence-corrected chi connectivity index (χ2v) is 7.00. The molecule has 0 saturated carbocycles. The zero-order chi connectivity index (χ0) is 22.0. The van der Waals surface area contributed by atoms with Gasteiger partial charge in [-0.05, 0) is 43.3 Å². The number of esters is 1. The van der Waals surface area contributed by atoms with E-state index in [0.717, 1.165) is 0 Å². The monoisotopic (exact) mass is 436 g/mol. The molecule has 0 aliphatic rings. The van der Waals surface area contributed by atoms with Crippen LogP contribution in [0.2, 0.25) is 5.02 Å². The largest absolute Gasteiger partial charge is 0.493 e. The van der Waals surface area contributed by atoms with Crippen molar-refractivity contribution in [2.75, 3.05) is 7.11 Å². The Hall–Kier alpha value is -3.77. The number of aryl methyl sites for hydroxylation is 1. The maximum absolute atomic E-state index is 13.0. The van der Waals surface area contributed by atoms with Crippen LogP contribution in [0.5, 0.6) is 23.0 Å². The lowest BCUT2D eigenvalue weighted by Crippen LogP contribution is -2.10. The average molecular weight is 437 g/mol. The van der Waals surface area contributed by atoms with Gasteiger partial charge in [0.15, 0.2) is 11.5 Å². The third kappa shape index (κ3) is 4.11. The van der Waals surface area contributed by atoms with Crippen molar-refractivity contribution in [2.45, 2.75) is 6.92 Å². The van der Waals surface area contributed by atoms with Crippen molar-refractivity contribution in [3.8, 4) is 23.0 Å². The van der Waals surface area contributed by atoms with Crippen LogP contribution in [0.3, 0.4) is 0 Å². The molecule has 0 N–H and O–H groups in total. The molecule has 0 atom stereocenters. The normalized spacial score (nSPS) is 10.7. The summed E-state index contributed by atoms with van der Waals surface area (Å²) < 4.78 is 22.3. The predicted octanol–water partition coefficient (Wildman–Crippen LogP) is 5.77. The molecule has 3 aromatic carbocycles. The molecule has 0 saturated heterocycles. The molecule has 0 spiro atoms. The molecule has 1 aromatic heterocycles. The van der Waals surface area contributed by atoms with Crippen molar-refractivity contribution >= 4 is 28.5 Å². The van der Waals surface area contributed by atoms with Crippen LogP contribution in [0.25, 0.3) is 11.0 Å². The maximum atomic E-state index is 13.0. The Labute approximate surface area is 182 Å². The summed E-state index contributed by atoms with van der Waals surface area (Å²) in [6.45, 7) is 1.62. The molecular weight excluding hydrogens is 420 g/mol. The summed E-state index contributed by atoms with van der Waals surface area (Å²) in [5.41, 5.74) is 0.149. The van der Waals surface area contributed by atoms with E-state index >= 15 is 0 Å². The third-order valence-corrected chi connectivity index (χ3v) is 4.90. The number of hydrogen-bond acceptors (Lipinski definition) is 6. The molecule has 0 aliphatic heterocycles. The molecule has 156 valence electrons. The molecule has 0 unspecified atom stereocenters. The van der Waals surface area contributed by atoms with Gasteiger partial charge in [-0.15, -0.1) is 0 Å². The smallest absolute Gasteiger partial charge is 0.345 e. The van der Waals surface area contributed by atoms with Crippen molar-refractivity contribution in [1.82, 2.24) is 0 Å². The van der Waals surface area contributed by atoms with Gasteiger partial charge >= 0.3 is 5.97 Å². The molecule has 0 fully saturated rings. The van der Waals surface area contributed by atoms with Crippen LogP contribution in [-0.2, 0) is 0 Å². The highest BCUT2D eigenvalue weighted by Crippen LogP contribution is 2.32. The maximum Gasteiger partial charge on any atom is 0.345 e. The highest BCUT2D eigenvalue weighted by Gasteiger charge is 2.18. The molecular formula is C24H17ClO6. The average Bonchev–Trinajstić information content (AvgIpc) is 2.77. The number of hydrogen-bond donors (Lipinski definition) is 0. The van der Waals surface area contributed by atoms with Gasteiger partial charge in [0.05, 0.1) is 23.1 Å². The lowest BCUT2D eigenvalue weighted by molar-refractivity contribution is 0.0735. The van der Waals surface area contributed by atoms with E-state index in [1.54, 1.807) is 55.5 Å². The predicted molar refractivity (Wildman–Crippen MR) is 117 cm³/mol. The minimum Gasteiger partial charge on any atom is -0.493 e. The van der Waals surface area contributed by atoms with E-state index in [9.17, 15) is 9.59 Å². The van der Waals surface area contributed by atoms with Crippen LogP contribution >= 0.6 is 11.6 Å². The fourth-order valence-electron chi connectivity index (χ4n) is 3.05. The van der Waals surface area contributed by atoms with Crippen LogP contribution in [0.1, 0.15) is 16.1 Å². The zero-order valence-corrected chi connectivity index (χ0v) is 17.4. The van der Waals surface area contributed by atoms with Gasteiger partial charge in [0.1, 0.15) is 17.1 Å². The van der Waals surface area contributed by atoms with Gasteiger partial charge in [-0.25, -0.2) is 4.79 Å². The number of fused-ring (bicyclic) bond motifs is 1. The summed E-state index contributed by atoms with van der Waals surface area (Å²) in [7, 11) is 1.52. The van der Waals surface area contributed by atoms with Gasteiger partial charge in [-0.3, -0.25) is 4.79 Å². The standard InChI is InChI=1S/C24H17ClO6/c1-14-23(31-20-10-6-5-9-19(20)28-2)22(26)17-12-11-15(13-21(17)29-14)30-24(27)16-7-3-4-8-18(16)25/h3-13H,1-2H3. The molecule has 6 nitrogen and oxygen atoms in total. The molecule has 31 heavy (non-hydrogen) atoms. The van der Waals surface area contributed by atoms with Crippen LogP contribution in [0.15, 0.2) is 75.9 Å². The van der Waals surface area contributed by atoms with E-state index in [-0.39, 0.29) is 44.2 Å². The first-order valence-corrected chi connectivity index (χ1v) is 9.71. The summed E-state index contributed by atoms with van der Waals surface area (Å²) >= 11 is 6.04. The Bertz CT molecular complexity index is 1340. The van der Waals surface area contributed by atoms with Crippen LogP contribution in [0.4, 0.5) is 0 Å². The lowest BCUT2D eigenvalue weighted by Gasteiger charge is -2.12. The van der Waals surface area contributed by atoms with Crippen molar-refractivity contribution in [1.29, 1.82) is 0 Å². The highest BCUT2D eigenvalue weighted by molar-refractivity contribution is 6.33. The van der Waals surface area contributed by atoms with E-state index in [2.05, 4.69) is 0 Å². The minimum absolute atomic E-state index is 0.0535. The Morgan fingerprint density at radius 2 is 1.68 bits per heavy atom. The molecule has 0 bridgehead atoms. The number of methoxy groups -OCH3 is 1. The minimum atomic E-state index is -0.611. The first-order valence-electron chi connectivity index (χ1n) is 9.33. The number of carbonyl (C=O) groups is 1. The first kappa shape index (κ1) is 20.5. The van der Waals surface area contributed by atoms with Gasteiger partial charge < -0.3 is 18.6 Å². The molecule has 0 amide bonds. The molecule has 0 radical (unpaired) electrons. The Balaban J connectivity index is 1.67. The number of ether oxygens (including phenoxy) is 3. The van der Waals surface area contributed by atoms with Crippen LogP contribution < -0.4 is 19.6 Å². The molecule has 4 rings (SSSR count). The molecule has 0 aliphatic carbocycles. The number of carbonyl (C=O) groups excluding carboxylic acids is 1. The van der Waals surface area contributed by atoms with E-state index in [1.165, 1.54) is 25.3 Å². The van der Waals surface area contributed by atoms with Crippen LogP contribution in [0, 0.1) is 6.92 Å². The lowest BCUT2D eigenvalue weighted by atomic mass is 10.2. The van der Waals surface area contributed by atoms with Crippen molar-refractivity contribution in [3.63, 3.8) is 0 Å². The Morgan fingerprint density at radius 1 is 0.968 bits per heavy atom. The van der Waals surface area contributed by atoms with Crippen LogP contribution in [-0.4, -0.2) is 13.1 Å². The second-order valence-electron chi connectivity index (χ2n) is 6.60. The summed E-state index contributed by atoms with van der Waals surface area (Å²) in [5, 5.41) is 0.571. The van der Waals surface area contributed by atoms with Gasteiger partial charge in [-0.2, -0.15) is 0 Å². The van der Waals surface area contributed by atoms with Crippen molar-refractivity contribution in [3.05, 3.63) is 93.3 Å². The van der Waals surface area contributed by atoms with Crippen molar-refractivity contribution in [2.24, 2.45) is 0 Å². The summed E-state index contributed by atoms with van der Waals surface area (Å²) in [5.74, 6) is 0.822. The Kier molecular flexibility index (Phi) is 5.64. The fourth-order valence-corrected chi connectivity index (χ4v) is 3.26. The molecule has 7 heteroatoms. The van der Waals surface area contributed by atoms with E-state index in [4.69, 9.17) is 30.2 Å². The quantitative estimate of drug-likeness (QED) is 0.292. The highest BCUT2D eigenvalue weighted by atomic mass is 35.5. The zero-order valence-electron chi connectivity index (χ0n) is 16.7. The summed E-state index contributed by atoms with van der Waals surface area (Å²) in [4.78, 5) is 25.4. The van der Waals surface area contributed by atoms with E-state index in [1.807, 2.05) is 0 Å². The Morgan fingerprint density at radius 3 is 2.42 bits per heavy atom. The number of rotatable bonds is 5. The van der Waals surface area contributed by atoms with Gasteiger partial charge in [0.25, 0.3) is 0 Å². The van der Waals surface area contributed by atoms with Gasteiger partial charge in [0, 0.05) is 6.07 Å². The first-order chi connectivity index (χ1) is 15.0. The summed E-state index contributed by atoms with van der Waals surface area (Å²) in [6.07, 6.45) is 0. The van der Waals surface area contributed by atoms with E-state index < -0.39 is 5.97 Å². The summed E-state index contributed by atoms with van der Waals surface area (Å²) in [6, 6.07) is 18.1. The van der Waals surface area contributed by atoms with E-state index in [0.29, 0.717) is 11.5 Å². The number of benzene rings is 3. The number of para-hydroxylation sites is 2. The van der Waals surface area contributed by atoms with Gasteiger partial charge in [-0.1, -0.05) is 35.9 Å². The third-order valence-electron chi connectivity index (χ3n) is 4.57. The number of halogens is 1.